The minimum Gasteiger partial charge on any atom is -0.462 e. The number of nitrogens with zero attached hydrogens (tertiary/aromatic N) is 1. The van der Waals surface area contributed by atoms with E-state index in [0.29, 0.717) is 23.9 Å². The van der Waals surface area contributed by atoms with E-state index in [9.17, 15) is 19.0 Å². The van der Waals surface area contributed by atoms with Crippen molar-refractivity contribution in [2.24, 2.45) is 0 Å². The number of phosphoric ester groups is 1. The van der Waals surface area contributed by atoms with Crippen LogP contribution in [0.3, 0.4) is 0 Å². The fourth-order valence-corrected chi connectivity index (χ4v) is 9.91. The highest BCUT2D eigenvalue weighted by Gasteiger charge is 2.27. The Labute approximate surface area is 447 Å². The molecule has 0 aliphatic heterocycles. The third-order valence-corrected chi connectivity index (χ3v) is 15.0. The molecule has 0 aliphatic carbocycles. The second-order valence-electron chi connectivity index (χ2n) is 22.5. The van der Waals surface area contributed by atoms with Crippen LogP contribution in [0.2, 0.25) is 0 Å². The molecule has 0 rings (SSSR count). The number of likely N-dealkylation sites (N-methyl/N-ethyl adjacent to an activating group) is 1. The molecule has 0 aromatic heterocycles. The van der Waals surface area contributed by atoms with Gasteiger partial charge < -0.3 is 18.9 Å². The van der Waals surface area contributed by atoms with E-state index in [-0.39, 0.29) is 25.6 Å². The van der Waals surface area contributed by atoms with Gasteiger partial charge in [-0.1, -0.05) is 276 Å². The number of phosphoric acid groups is 1. The quantitative estimate of drug-likeness (QED) is 0.0211. The maximum atomic E-state index is 12.8. The lowest BCUT2D eigenvalue weighted by Gasteiger charge is -2.24. The predicted molar refractivity (Wildman–Crippen MR) is 307 cm³/mol. The fourth-order valence-electron chi connectivity index (χ4n) is 9.17. The Hall–Kier alpha value is -1.51. The van der Waals surface area contributed by atoms with E-state index in [2.05, 4.69) is 38.2 Å². The monoisotopic (exact) mass is 1040 g/mol. The largest absolute Gasteiger partial charge is 0.472 e. The van der Waals surface area contributed by atoms with Gasteiger partial charge in [0.2, 0.25) is 0 Å². The molecule has 0 aromatic carbocycles. The molecule has 0 bridgehead atoms. The van der Waals surface area contributed by atoms with Crippen LogP contribution in [0, 0.1) is 0 Å². The Bertz CT molecular complexity index is 1270. The summed E-state index contributed by atoms with van der Waals surface area (Å²) in [6, 6.07) is 0. The first kappa shape index (κ1) is 70.5. The molecule has 0 saturated heterocycles. The van der Waals surface area contributed by atoms with Gasteiger partial charge in [0.05, 0.1) is 27.7 Å². The summed E-state index contributed by atoms with van der Waals surface area (Å²) in [7, 11) is 1.50. The summed E-state index contributed by atoms with van der Waals surface area (Å²) >= 11 is 0. The van der Waals surface area contributed by atoms with Crippen LogP contribution in [0.1, 0.15) is 309 Å². The van der Waals surface area contributed by atoms with Crippen molar-refractivity contribution in [3.63, 3.8) is 0 Å². The SMILES string of the molecule is CCCCCCC/C=C\C/C=C\CCCCCCCCCCCCCCCCCCCCCC(=O)OC(COC(=O)CCCCCCCCCCCCCCCCCCC)COP(=O)(O)OCC[N+](C)(C)C. The summed E-state index contributed by atoms with van der Waals surface area (Å²) in [4.78, 5) is 35.7. The van der Waals surface area contributed by atoms with Gasteiger partial charge in [-0.2, -0.15) is 0 Å². The predicted octanol–water partition coefficient (Wildman–Crippen LogP) is 19.4. The molecule has 2 atom stereocenters. The second-order valence-corrected chi connectivity index (χ2v) is 23.9. The summed E-state index contributed by atoms with van der Waals surface area (Å²) < 4.78 is 34.6. The lowest BCUT2D eigenvalue weighted by molar-refractivity contribution is -0.870. The van der Waals surface area contributed by atoms with E-state index in [1.165, 1.54) is 238 Å². The van der Waals surface area contributed by atoms with Crippen LogP contribution in [0.4, 0.5) is 0 Å². The maximum Gasteiger partial charge on any atom is 0.472 e. The summed E-state index contributed by atoms with van der Waals surface area (Å²) in [5.74, 6) is -0.777. The van der Waals surface area contributed by atoms with Crippen molar-refractivity contribution in [3.8, 4) is 0 Å². The molecule has 0 heterocycles. The zero-order valence-electron chi connectivity index (χ0n) is 48.4. The summed E-state index contributed by atoms with van der Waals surface area (Å²) in [6.45, 7) is 4.48. The summed E-state index contributed by atoms with van der Waals surface area (Å²) in [5.41, 5.74) is 0. The molecule has 0 aliphatic rings. The van der Waals surface area contributed by atoms with E-state index in [0.717, 1.165) is 38.5 Å². The van der Waals surface area contributed by atoms with Crippen molar-refractivity contribution in [2.45, 2.75) is 315 Å². The molecule has 72 heavy (non-hydrogen) atoms. The zero-order chi connectivity index (χ0) is 52.7. The molecule has 426 valence electrons. The molecule has 0 amide bonds. The number of allylic oxidation sites excluding steroid dienone is 4. The molecule has 0 aromatic rings. The smallest absolute Gasteiger partial charge is 0.462 e. The Balaban J connectivity index is 4.02. The summed E-state index contributed by atoms with van der Waals surface area (Å²) in [6.07, 6.45) is 65.5. The standard InChI is InChI=1S/C62H120NO8P/c1-6-8-10-12-14-16-18-20-22-24-25-26-27-28-29-30-31-32-33-34-35-36-37-39-41-43-45-47-49-51-53-55-62(65)71-60(59-70-72(66,67)69-57-56-63(3,4)5)58-68-61(64)54-52-50-48-46-44-42-40-38-23-21-19-17-15-13-11-9-7-2/h18,20,24-25,60H,6-17,19,21-23,26-59H2,1-5H3/p+1/b20-18-,25-24-. The average molecular weight is 1040 g/mol. The molecule has 1 N–H and O–H groups in total. The second kappa shape index (κ2) is 54.3. The van der Waals surface area contributed by atoms with Crippen molar-refractivity contribution in [2.75, 3.05) is 47.5 Å². The Morgan fingerprint density at radius 3 is 1.10 bits per heavy atom. The minimum atomic E-state index is -4.38. The first-order valence-corrected chi connectivity index (χ1v) is 32.6. The Morgan fingerprint density at radius 1 is 0.431 bits per heavy atom. The van der Waals surface area contributed by atoms with Crippen LogP contribution in [0.15, 0.2) is 24.3 Å². The third-order valence-electron chi connectivity index (χ3n) is 14.0. The number of carbonyl (C=O) groups excluding carboxylic acids is 2. The highest BCUT2D eigenvalue weighted by Crippen LogP contribution is 2.43. The van der Waals surface area contributed by atoms with E-state index >= 15 is 0 Å². The van der Waals surface area contributed by atoms with Crippen LogP contribution in [-0.2, 0) is 32.7 Å². The zero-order valence-corrected chi connectivity index (χ0v) is 49.3. The van der Waals surface area contributed by atoms with Gasteiger partial charge in [-0.25, -0.2) is 4.57 Å². The average Bonchev–Trinajstić information content (AvgIpc) is 3.34. The van der Waals surface area contributed by atoms with Crippen LogP contribution in [0.25, 0.3) is 0 Å². The van der Waals surface area contributed by atoms with Gasteiger partial charge in [-0.3, -0.25) is 18.6 Å². The van der Waals surface area contributed by atoms with Crippen molar-refractivity contribution < 1.29 is 42.1 Å². The topological polar surface area (TPSA) is 108 Å². The van der Waals surface area contributed by atoms with Crippen LogP contribution < -0.4 is 0 Å². The molecule has 0 saturated carbocycles. The molecular weight excluding hydrogens is 918 g/mol. The number of hydrogen-bond donors (Lipinski definition) is 1. The molecule has 0 spiro atoms. The molecule has 0 fully saturated rings. The lowest BCUT2D eigenvalue weighted by atomic mass is 10.0. The van der Waals surface area contributed by atoms with E-state index in [1.54, 1.807) is 0 Å². The molecule has 10 heteroatoms. The van der Waals surface area contributed by atoms with Gasteiger partial charge in [0.25, 0.3) is 0 Å². The molecule has 9 nitrogen and oxygen atoms in total. The third kappa shape index (κ3) is 57.8. The number of rotatable bonds is 58. The minimum absolute atomic E-state index is 0.0355. The number of carbonyl (C=O) groups is 2. The van der Waals surface area contributed by atoms with Gasteiger partial charge in [0, 0.05) is 12.8 Å². The van der Waals surface area contributed by atoms with Crippen molar-refractivity contribution in [3.05, 3.63) is 24.3 Å². The highest BCUT2D eigenvalue weighted by molar-refractivity contribution is 7.47. The van der Waals surface area contributed by atoms with Gasteiger partial charge in [0.15, 0.2) is 6.10 Å². The first-order valence-electron chi connectivity index (χ1n) is 31.1. The van der Waals surface area contributed by atoms with Crippen molar-refractivity contribution in [1.82, 2.24) is 0 Å². The van der Waals surface area contributed by atoms with Gasteiger partial charge in [-0.15, -0.1) is 0 Å². The van der Waals surface area contributed by atoms with Crippen LogP contribution >= 0.6 is 7.82 Å². The number of unbranched alkanes of at least 4 members (excludes halogenated alkanes) is 40. The first-order chi connectivity index (χ1) is 35.0. The van der Waals surface area contributed by atoms with E-state index in [1.807, 2.05) is 21.1 Å². The summed E-state index contributed by atoms with van der Waals surface area (Å²) in [5, 5.41) is 0. The molecule has 2 unspecified atom stereocenters. The number of ether oxygens (including phenoxy) is 2. The van der Waals surface area contributed by atoms with Crippen molar-refractivity contribution >= 4 is 19.8 Å². The van der Waals surface area contributed by atoms with E-state index < -0.39 is 26.5 Å². The fraction of sp³-hybridized carbons (Fsp3) is 0.903. The van der Waals surface area contributed by atoms with Gasteiger partial charge >= 0.3 is 19.8 Å². The van der Waals surface area contributed by atoms with E-state index in [4.69, 9.17) is 18.5 Å². The number of esters is 2. The van der Waals surface area contributed by atoms with Crippen LogP contribution in [0.5, 0.6) is 0 Å². The maximum absolute atomic E-state index is 12.8. The van der Waals surface area contributed by atoms with Crippen molar-refractivity contribution in [1.29, 1.82) is 0 Å². The molecular formula is C62H121NO8P+. The van der Waals surface area contributed by atoms with Gasteiger partial charge in [-0.05, 0) is 44.9 Å². The van der Waals surface area contributed by atoms with Crippen LogP contribution in [-0.4, -0.2) is 74.9 Å². The number of quaternary nitrogens is 1. The lowest BCUT2D eigenvalue weighted by Crippen LogP contribution is -2.37. The normalized spacial score (nSPS) is 13.4. The Morgan fingerprint density at radius 2 is 0.750 bits per heavy atom. The highest BCUT2D eigenvalue weighted by atomic mass is 31.2. The number of hydrogen-bond acceptors (Lipinski definition) is 7. The molecule has 0 radical (unpaired) electrons. The van der Waals surface area contributed by atoms with Gasteiger partial charge in [0.1, 0.15) is 19.8 Å². The Kier molecular flexibility index (Phi) is 53.1.